The molecule has 6 rings (SSSR count). The third-order valence-corrected chi connectivity index (χ3v) is 5.65. The molecule has 1 aliphatic carbocycles. The number of hydrogen-bond acceptors (Lipinski definition) is 8. The topological polar surface area (TPSA) is 127 Å². The fraction of sp³-hybridized carbons (Fsp3) is 0.316. The van der Waals surface area contributed by atoms with E-state index in [4.69, 9.17) is 9.47 Å². The normalized spacial score (nSPS) is 30.7. The molecule has 0 amide bonds. The minimum Gasteiger partial charge on any atom is -0.471 e. The van der Waals surface area contributed by atoms with Gasteiger partial charge in [0.25, 0.3) is 0 Å². The van der Waals surface area contributed by atoms with Gasteiger partial charge in [0.1, 0.15) is 24.9 Å². The molecule has 2 aliphatic rings. The minimum atomic E-state index is -1.66. The van der Waals surface area contributed by atoms with Crippen LogP contribution in [0.25, 0.3) is 16.9 Å². The summed E-state index contributed by atoms with van der Waals surface area (Å²) in [6.45, 7) is 0.309. The molecule has 3 N–H and O–H groups in total. The van der Waals surface area contributed by atoms with Crippen molar-refractivity contribution in [1.29, 1.82) is 0 Å². The summed E-state index contributed by atoms with van der Waals surface area (Å²) in [7, 11) is 0. The van der Waals surface area contributed by atoms with E-state index >= 15 is 0 Å². The van der Waals surface area contributed by atoms with E-state index < -0.39 is 30.1 Å². The van der Waals surface area contributed by atoms with Crippen LogP contribution in [-0.2, 0) is 11.3 Å². The number of imidazole rings is 2. The van der Waals surface area contributed by atoms with Crippen LogP contribution in [0, 0.1) is 0 Å². The smallest absolute Gasteiger partial charge is 0.247 e. The highest BCUT2D eigenvalue weighted by molar-refractivity contribution is 5.79. The summed E-state index contributed by atoms with van der Waals surface area (Å²) < 4.78 is 14.9. The van der Waals surface area contributed by atoms with Crippen molar-refractivity contribution < 1.29 is 24.8 Å². The van der Waals surface area contributed by atoms with Gasteiger partial charge in [-0.1, -0.05) is 30.3 Å². The van der Waals surface area contributed by atoms with E-state index in [2.05, 4.69) is 15.0 Å². The first kappa shape index (κ1) is 16.9. The van der Waals surface area contributed by atoms with Gasteiger partial charge < -0.3 is 24.8 Å². The van der Waals surface area contributed by atoms with Crippen LogP contribution in [0.4, 0.5) is 0 Å². The monoisotopic (exact) mass is 395 g/mol. The molecule has 0 spiro atoms. The molecule has 10 nitrogen and oxygen atoms in total. The molecule has 1 aromatic carbocycles. The van der Waals surface area contributed by atoms with Gasteiger partial charge in [-0.15, -0.1) is 0 Å². The lowest BCUT2D eigenvalue weighted by atomic mass is 10.1. The fourth-order valence-corrected chi connectivity index (χ4v) is 3.99. The van der Waals surface area contributed by atoms with E-state index in [1.54, 1.807) is 21.4 Å². The van der Waals surface area contributed by atoms with Crippen molar-refractivity contribution in [2.24, 2.45) is 0 Å². The Labute approximate surface area is 163 Å². The molecule has 148 valence electrons. The van der Waals surface area contributed by atoms with Gasteiger partial charge in [0.15, 0.2) is 23.0 Å². The standard InChI is InChI=1S/C19H17N5O5/c25-12-14-19(12,27)13(26)17(29-14)24-9-21-11-15(28-8-10-4-2-1-3-5-10)22-18-20-6-7-23(18)16(11)24/h1-7,9,12-14,17,25-27H,8H2/t12?,13-,14+,17+,19-/m0/s1. The molecule has 29 heavy (non-hydrogen) atoms. The number of fused-ring (bicyclic) bond motifs is 4. The van der Waals surface area contributed by atoms with Crippen molar-refractivity contribution >= 4 is 16.9 Å². The summed E-state index contributed by atoms with van der Waals surface area (Å²) in [5.41, 5.74) is 0.347. The fourth-order valence-electron chi connectivity index (χ4n) is 3.99. The first-order valence-electron chi connectivity index (χ1n) is 9.19. The van der Waals surface area contributed by atoms with Crippen LogP contribution in [-0.4, -0.2) is 63.2 Å². The van der Waals surface area contributed by atoms with Crippen LogP contribution in [0.2, 0.25) is 0 Å². The highest BCUT2D eigenvalue weighted by Gasteiger charge is 2.76. The summed E-state index contributed by atoms with van der Waals surface area (Å²) in [6, 6.07) is 9.69. The van der Waals surface area contributed by atoms with Crippen molar-refractivity contribution in [3.63, 3.8) is 0 Å². The largest absolute Gasteiger partial charge is 0.471 e. The molecule has 1 saturated carbocycles. The predicted octanol–water partition coefficient (Wildman–Crippen LogP) is 0.0219. The Kier molecular flexibility index (Phi) is 3.34. The lowest BCUT2D eigenvalue weighted by Crippen LogP contribution is -2.36. The Morgan fingerprint density at radius 1 is 1.14 bits per heavy atom. The summed E-state index contributed by atoms with van der Waals surface area (Å²) in [5.74, 6) is 0.705. The average Bonchev–Trinajstić information content (AvgIpc) is 3.22. The molecule has 1 aliphatic heterocycles. The maximum absolute atomic E-state index is 10.5. The van der Waals surface area contributed by atoms with Gasteiger partial charge in [-0.25, -0.2) is 9.97 Å². The molecule has 4 aromatic rings. The Balaban J connectivity index is 1.43. The summed E-state index contributed by atoms with van der Waals surface area (Å²) >= 11 is 0. The number of nitrogens with zero attached hydrogens (tertiary/aromatic N) is 5. The lowest BCUT2D eigenvalue weighted by Gasteiger charge is -2.22. The molecule has 0 bridgehead atoms. The maximum atomic E-state index is 10.5. The molecule has 10 heteroatoms. The quantitative estimate of drug-likeness (QED) is 0.441. The van der Waals surface area contributed by atoms with Gasteiger partial charge in [-0.2, -0.15) is 4.98 Å². The Morgan fingerprint density at radius 3 is 2.72 bits per heavy atom. The van der Waals surface area contributed by atoms with Crippen molar-refractivity contribution in [2.45, 2.75) is 36.7 Å². The van der Waals surface area contributed by atoms with Crippen molar-refractivity contribution in [3.05, 3.63) is 54.6 Å². The summed E-state index contributed by atoms with van der Waals surface area (Å²) in [6.07, 6.45) is 0.678. The Morgan fingerprint density at radius 2 is 1.97 bits per heavy atom. The van der Waals surface area contributed by atoms with E-state index in [1.165, 1.54) is 6.33 Å². The molecule has 0 radical (unpaired) electrons. The summed E-state index contributed by atoms with van der Waals surface area (Å²) in [4.78, 5) is 13.1. The second-order valence-electron chi connectivity index (χ2n) is 7.34. The molecule has 5 atom stereocenters. The third-order valence-electron chi connectivity index (χ3n) is 5.65. The van der Waals surface area contributed by atoms with E-state index in [1.807, 2.05) is 30.3 Å². The van der Waals surface area contributed by atoms with Gasteiger partial charge in [-0.05, 0) is 5.56 Å². The molecule has 4 heterocycles. The van der Waals surface area contributed by atoms with Gasteiger partial charge >= 0.3 is 0 Å². The molecule has 3 aromatic heterocycles. The number of hydrogen-bond donors (Lipinski definition) is 3. The summed E-state index contributed by atoms with van der Waals surface area (Å²) in [5, 5.41) is 30.7. The van der Waals surface area contributed by atoms with Crippen LogP contribution in [0.3, 0.4) is 0 Å². The number of benzene rings is 1. The number of aliphatic hydroxyl groups is 3. The van der Waals surface area contributed by atoms with Crippen molar-refractivity contribution in [2.75, 3.05) is 0 Å². The van der Waals surface area contributed by atoms with E-state index in [0.29, 0.717) is 29.4 Å². The van der Waals surface area contributed by atoms with Crippen molar-refractivity contribution in [1.82, 2.24) is 23.9 Å². The average molecular weight is 395 g/mol. The SMILES string of the molecule is OC1[C@H]2O[C@@H](n3cnc4c(OCc5ccccc5)nc5nccn5c43)[C@H](O)[C@@]12O. The highest BCUT2D eigenvalue weighted by atomic mass is 16.6. The number of rotatable bonds is 4. The van der Waals surface area contributed by atoms with Crippen LogP contribution >= 0.6 is 0 Å². The van der Waals surface area contributed by atoms with Gasteiger partial charge in [0.05, 0.1) is 6.33 Å². The van der Waals surface area contributed by atoms with Crippen molar-refractivity contribution in [3.8, 4) is 5.88 Å². The molecule has 1 unspecified atom stereocenters. The van der Waals surface area contributed by atoms with Gasteiger partial charge in [0, 0.05) is 12.4 Å². The molecular formula is C19H17N5O5. The molecule has 2 fully saturated rings. The zero-order chi connectivity index (χ0) is 19.8. The number of aliphatic hydroxyl groups excluding tert-OH is 2. The Bertz CT molecular complexity index is 1220. The van der Waals surface area contributed by atoms with Crippen LogP contribution in [0.5, 0.6) is 5.88 Å². The Hall–Kier alpha value is -3.05. The first-order valence-corrected chi connectivity index (χ1v) is 9.19. The van der Waals surface area contributed by atoms with E-state index in [9.17, 15) is 15.3 Å². The highest BCUT2D eigenvalue weighted by Crippen LogP contribution is 2.53. The molecule has 1 saturated heterocycles. The lowest BCUT2D eigenvalue weighted by molar-refractivity contribution is -0.0942. The van der Waals surface area contributed by atoms with Gasteiger partial charge in [-0.3, -0.25) is 8.97 Å². The first-order chi connectivity index (χ1) is 14.1. The van der Waals surface area contributed by atoms with Gasteiger partial charge in [0.2, 0.25) is 11.7 Å². The maximum Gasteiger partial charge on any atom is 0.247 e. The van der Waals surface area contributed by atoms with Crippen LogP contribution in [0.1, 0.15) is 11.8 Å². The number of aromatic nitrogens is 5. The predicted molar refractivity (Wildman–Crippen MR) is 97.9 cm³/mol. The zero-order valence-electron chi connectivity index (χ0n) is 15.0. The minimum absolute atomic E-state index is 0.303. The third kappa shape index (κ3) is 2.22. The zero-order valence-corrected chi connectivity index (χ0v) is 15.0. The second kappa shape index (κ2) is 5.74. The van der Waals surface area contributed by atoms with E-state index in [0.717, 1.165) is 5.56 Å². The van der Waals surface area contributed by atoms with E-state index in [-0.39, 0.29) is 0 Å². The molecular weight excluding hydrogens is 378 g/mol. The second-order valence-corrected chi connectivity index (χ2v) is 7.34. The van der Waals surface area contributed by atoms with Crippen LogP contribution in [0.15, 0.2) is 49.1 Å². The number of ether oxygens (including phenoxy) is 2. The van der Waals surface area contributed by atoms with Crippen LogP contribution < -0.4 is 4.74 Å².